The lowest BCUT2D eigenvalue weighted by Gasteiger charge is -2.16. The van der Waals surface area contributed by atoms with Gasteiger partial charge >= 0.3 is 0 Å². The second-order valence-corrected chi connectivity index (χ2v) is 6.88. The number of nitrogens with zero attached hydrogens (tertiary/aromatic N) is 1. The second-order valence-electron chi connectivity index (χ2n) is 6.45. The molecule has 3 aromatic carbocycles. The van der Waals surface area contributed by atoms with E-state index in [0.717, 1.165) is 22.4 Å². The normalized spacial score (nSPS) is 12.8. The van der Waals surface area contributed by atoms with Crippen LogP contribution in [-0.2, 0) is 17.8 Å². The van der Waals surface area contributed by atoms with Crippen molar-refractivity contribution < 1.29 is 9.59 Å². The zero-order valence-corrected chi connectivity index (χ0v) is 15.2. The Balaban J connectivity index is 1.41. The van der Waals surface area contributed by atoms with Crippen LogP contribution in [0.5, 0.6) is 0 Å². The third kappa shape index (κ3) is 3.71. The maximum absolute atomic E-state index is 12.5. The van der Waals surface area contributed by atoms with E-state index in [2.05, 4.69) is 5.32 Å². The van der Waals surface area contributed by atoms with E-state index in [4.69, 9.17) is 11.6 Å². The molecule has 1 heterocycles. The Kier molecular flexibility index (Phi) is 4.65. The molecule has 0 bridgehead atoms. The summed E-state index contributed by atoms with van der Waals surface area (Å²) in [6.07, 6.45) is 0.277. The Hall–Kier alpha value is -3.11. The first-order chi connectivity index (χ1) is 13.1. The number of nitrogens with one attached hydrogen (secondary N) is 1. The molecule has 0 saturated heterocycles. The lowest BCUT2D eigenvalue weighted by atomic mass is 10.1. The molecule has 4 nitrogen and oxygen atoms in total. The zero-order valence-electron chi connectivity index (χ0n) is 14.5. The molecule has 4 rings (SSSR count). The Morgan fingerprint density at radius 2 is 1.67 bits per heavy atom. The van der Waals surface area contributed by atoms with Crippen LogP contribution in [0.4, 0.5) is 11.4 Å². The molecule has 27 heavy (non-hydrogen) atoms. The maximum atomic E-state index is 12.5. The molecule has 1 N–H and O–H groups in total. The fraction of sp³-hybridized carbons (Fsp3) is 0.0909. The van der Waals surface area contributed by atoms with E-state index in [0.29, 0.717) is 17.3 Å². The quantitative estimate of drug-likeness (QED) is 0.718. The smallest absolute Gasteiger partial charge is 0.258 e. The van der Waals surface area contributed by atoms with Gasteiger partial charge in [-0.1, -0.05) is 41.9 Å². The van der Waals surface area contributed by atoms with E-state index in [-0.39, 0.29) is 18.2 Å². The van der Waals surface area contributed by atoms with E-state index >= 15 is 0 Å². The van der Waals surface area contributed by atoms with Gasteiger partial charge in [0.05, 0.1) is 13.0 Å². The van der Waals surface area contributed by atoms with Gasteiger partial charge < -0.3 is 10.2 Å². The zero-order chi connectivity index (χ0) is 18.8. The van der Waals surface area contributed by atoms with Crippen molar-refractivity contribution in [1.82, 2.24) is 0 Å². The minimum absolute atomic E-state index is 0.00474. The van der Waals surface area contributed by atoms with Crippen LogP contribution in [0.2, 0.25) is 5.02 Å². The van der Waals surface area contributed by atoms with E-state index in [1.54, 1.807) is 17.0 Å². The molecule has 0 aromatic heterocycles. The lowest BCUT2D eigenvalue weighted by molar-refractivity contribution is -0.115. The van der Waals surface area contributed by atoms with Crippen molar-refractivity contribution in [2.24, 2.45) is 0 Å². The summed E-state index contributed by atoms with van der Waals surface area (Å²) in [5.41, 5.74) is 4.18. The average Bonchev–Trinajstić information content (AvgIpc) is 3.01. The van der Waals surface area contributed by atoms with Gasteiger partial charge in [-0.05, 0) is 53.6 Å². The standard InChI is InChI=1S/C22H17ClN2O2/c23-17-7-5-15(6-8-17)13-21(26)24-18-9-11-19(12-10-18)25-14-16-3-1-2-4-20(16)22(25)27/h1-12H,13-14H2,(H,24,26). The molecule has 0 spiro atoms. The molecule has 1 aliphatic heterocycles. The highest BCUT2D eigenvalue weighted by molar-refractivity contribution is 6.30. The first-order valence-electron chi connectivity index (χ1n) is 8.64. The number of benzene rings is 3. The van der Waals surface area contributed by atoms with Crippen LogP contribution in [0, 0.1) is 0 Å². The molecule has 0 radical (unpaired) electrons. The minimum Gasteiger partial charge on any atom is -0.326 e. The third-order valence-electron chi connectivity index (χ3n) is 4.56. The molecule has 0 atom stereocenters. The number of fused-ring (bicyclic) bond motifs is 1. The highest BCUT2D eigenvalue weighted by Crippen LogP contribution is 2.28. The molecule has 134 valence electrons. The fourth-order valence-electron chi connectivity index (χ4n) is 3.18. The van der Waals surface area contributed by atoms with Crippen LogP contribution in [0.25, 0.3) is 0 Å². The van der Waals surface area contributed by atoms with Crippen LogP contribution < -0.4 is 10.2 Å². The predicted molar refractivity (Wildman–Crippen MR) is 107 cm³/mol. The largest absolute Gasteiger partial charge is 0.326 e. The number of anilines is 2. The SMILES string of the molecule is O=C(Cc1ccc(Cl)cc1)Nc1ccc(N2Cc3ccccc3C2=O)cc1. The molecule has 0 saturated carbocycles. The average molecular weight is 377 g/mol. The van der Waals surface area contributed by atoms with Gasteiger partial charge in [-0.3, -0.25) is 9.59 Å². The van der Waals surface area contributed by atoms with Gasteiger partial charge in [0.15, 0.2) is 0 Å². The summed E-state index contributed by atoms with van der Waals surface area (Å²) in [4.78, 5) is 26.5. The number of amides is 2. The van der Waals surface area contributed by atoms with E-state index in [1.807, 2.05) is 60.7 Å². The van der Waals surface area contributed by atoms with E-state index in [1.165, 1.54) is 0 Å². The molecule has 0 fully saturated rings. The van der Waals surface area contributed by atoms with E-state index in [9.17, 15) is 9.59 Å². The van der Waals surface area contributed by atoms with Crippen LogP contribution in [0.1, 0.15) is 21.5 Å². The van der Waals surface area contributed by atoms with Gasteiger partial charge in [-0.15, -0.1) is 0 Å². The van der Waals surface area contributed by atoms with Crippen LogP contribution >= 0.6 is 11.6 Å². The number of hydrogen-bond donors (Lipinski definition) is 1. The number of halogens is 1. The van der Waals surface area contributed by atoms with Crippen molar-refractivity contribution in [3.05, 3.63) is 94.5 Å². The Morgan fingerprint density at radius 1 is 0.963 bits per heavy atom. The topological polar surface area (TPSA) is 49.4 Å². The van der Waals surface area contributed by atoms with Crippen molar-refractivity contribution in [1.29, 1.82) is 0 Å². The van der Waals surface area contributed by atoms with Crippen molar-refractivity contribution >= 4 is 34.8 Å². The lowest BCUT2D eigenvalue weighted by Crippen LogP contribution is -2.23. The van der Waals surface area contributed by atoms with Crippen molar-refractivity contribution in [3.63, 3.8) is 0 Å². The number of carbonyl (C=O) groups is 2. The van der Waals surface area contributed by atoms with E-state index < -0.39 is 0 Å². The van der Waals surface area contributed by atoms with Gasteiger partial charge in [-0.25, -0.2) is 0 Å². The Morgan fingerprint density at radius 3 is 2.37 bits per heavy atom. The van der Waals surface area contributed by atoms with Crippen LogP contribution in [0.3, 0.4) is 0 Å². The summed E-state index contributed by atoms with van der Waals surface area (Å²) in [7, 11) is 0. The molecule has 2 amide bonds. The summed E-state index contributed by atoms with van der Waals surface area (Å²) in [5.74, 6) is -0.0974. The number of carbonyl (C=O) groups excluding carboxylic acids is 2. The Bertz CT molecular complexity index is 998. The summed E-state index contributed by atoms with van der Waals surface area (Å²) in [6, 6.07) is 22.2. The predicted octanol–water partition coefficient (Wildman–Crippen LogP) is 4.68. The highest BCUT2D eigenvalue weighted by Gasteiger charge is 2.27. The van der Waals surface area contributed by atoms with Gasteiger partial charge in [0.2, 0.25) is 5.91 Å². The molecule has 5 heteroatoms. The van der Waals surface area contributed by atoms with Gasteiger partial charge in [-0.2, -0.15) is 0 Å². The van der Waals surface area contributed by atoms with Crippen LogP contribution in [0.15, 0.2) is 72.8 Å². The molecule has 3 aromatic rings. The highest BCUT2D eigenvalue weighted by atomic mass is 35.5. The first kappa shape index (κ1) is 17.3. The monoisotopic (exact) mass is 376 g/mol. The summed E-state index contributed by atoms with van der Waals surface area (Å²) in [6.45, 7) is 0.567. The molecular formula is C22H17ClN2O2. The van der Waals surface area contributed by atoms with Gasteiger partial charge in [0.1, 0.15) is 0 Å². The molecule has 0 unspecified atom stereocenters. The summed E-state index contributed by atoms with van der Waals surface area (Å²) < 4.78 is 0. The van der Waals surface area contributed by atoms with Crippen molar-refractivity contribution in [2.45, 2.75) is 13.0 Å². The molecular weight excluding hydrogens is 360 g/mol. The van der Waals surface area contributed by atoms with Crippen LogP contribution in [-0.4, -0.2) is 11.8 Å². The first-order valence-corrected chi connectivity index (χ1v) is 9.02. The second kappa shape index (κ2) is 7.25. The Labute approximate surface area is 162 Å². The molecule has 1 aliphatic rings. The number of rotatable bonds is 4. The number of hydrogen-bond acceptors (Lipinski definition) is 2. The summed E-state index contributed by atoms with van der Waals surface area (Å²) >= 11 is 5.86. The summed E-state index contributed by atoms with van der Waals surface area (Å²) in [5, 5.41) is 3.52. The minimum atomic E-state index is -0.102. The van der Waals surface area contributed by atoms with Gasteiger partial charge in [0.25, 0.3) is 5.91 Å². The maximum Gasteiger partial charge on any atom is 0.258 e. The third-order valence-corrected chi connectivity index (χ3v) is 4.81. The van der Waals surface area contributed by atoms with Gasteiger partial charge in [0, 0.05) is 22.0 Å². The fourth-order valence-corrected chi connectivity index (χ4v) is 3.31. The molecule has 0 aliphatic carbocycles. The van der Waals surface area contributed by atoms with Crippen molar-refractivity contribution in [2.75, 3.05) is 10.2 Å². The van der Waals surface area contributed by atoms with Crippen molar-refractivity contribution in [3.8, 4) is 0 Å².